The molecular formula is C24H32N8O4. The van der Waals surface area contributed by atoms with Gasteiger partial charge >= 0.3 is 6.09 Å². The zero-order chi connectivity index (χ0) is 25.9. The molecular weight excluding hydrogens is 464 g/mol. The summed E-state index contributed by atoms with van der Waals surface area (Å²) < 4.78 is 14.3. The molecule has 12 nitrogen and oxygen atoms in total. The fourth-order valence-corrected chi connectivity index (χ4v) is 4.05. The normalized spacial score (nSPS) is 16.0. The molecule has 1 fully saturated rings. The topological polar surface area (TPSA) is 129 Å². The first kappa shape index (κ1) is 25.1. The summed E-state index contributed by atoms with van der Waals surface area (Å²) in [5, 5.41) is 15.4. The Balaban J connectivity index is 1.52. The van der Waals surface area contributed by atoms with E-state index in [2.05, 4.69) is 25.6 Å². The number of likely N-dealkylation sites (tertiary alicyclic amines) is 1. The summed E-state index contributed by atoms with van der Waals surface area (Å²) in [6.07, 6.45) is 4.65. The molecule has 1 atom stereocenters. The number of methoxy groups -OCH3 is 1. The molecule has 4 rings (SSSR count). The van der Waals surface area contributed by atoms with Crippen molar-refractivity contribution in [2.75, 3.05) is 25.5 Å². The summed E-state index contributed by atoms with van der Waals surface area (Å²) in [7, 11) is 1.47. The van der Waals surface area contributed by atoms with Gasteiger partial charge in [0.15, 0.2) is 5.82 Å². The van der Waals surface area contributed by atoms with Crippen LogP contribution in [0.15, 0.2) is 30.7 Å². The lowest BCUT2D eigenvalue weighted by Crippen LogP contribution is -2.43. The maximum atomic E-state index is 12.9. The number of hydrogen-bond acceptors (Lipinski definition) is 8. The first-order chi connectivity index (χ1) is 17.2. The minimum Gasteiger partial charge on any atom is -0.479 e. The minimum absolute atomic E-state index is 0.0274. The second-order valence-electron chi connectivity index (χ2n) is 9.55. The number of pyridine rings is 1. The number of carbonyl (C=O) groups excluding carboxylic acids is 2. The Morgan fingerprint density at radius 3 is 2.78 bits per heavy atom. The Labute approximate surface area is 209 Å². The van der Waals surface area contributed by atoms with Crippen molar-refractivity contribution in [1.29, 1.82) is 0 Å². The van der Waals surface area contributed by atoms with Gasteiger partial charge in [-0.1, -0.05) is 6.07 Å². The SMILES string of the molecule is CCn1cc(C(=O)Nc2cccc(-c3nncn3C3CCCN(C(=O)OC(C)(C)C)C3)n2)c(OC)n1. The molecule has 0 aliphatic carbocycles. The molecule has 1 N–H and O–H groups in total. The van der Waals surface area contributed by atoms with Crippen LogP contribution in [0.25, 0.3) is 11.5 Å². The third-order valence-electron chi connectivity index (χ3n) is 5.72. The number of piperidine rings is 1. The van der Waals surface area contributed by atoms with Crippen LogP contribution in [0.4, 0.5) is 10.6 Å². The maximum Gasteiger partial charge on any atom is 0.410 e. The summed E-state index contributed by atoms with van der Waals surface area (Å²) in [6.45, 7) is 9.22. The van der Waals surface area contributed by atoms with Crippen molar-refractivity contribution in [3.05, 3.63) is 36.3 Å². The van der Waals surface area contributed by atoms with Crippen LogP contribution in [0.5, 0.6) is 5.88 Å². The number of hydrogen-bond donors (Lipinski definition) is 1. The average Bonchev–Trinajstić information content (AvgIpc) is 3.50. The third kappa shape index (κ3) is 5.64. The predicted octanol–water partition coefficient (Wildman–Crippen LogP) is 3.39. The number of aryl methyl sites for hydroxylation is 1. The van der Waals surface area contributed by atoms with Crippen LogP contribution in [0, 0.1) is 0 Å². The van der Waals surface area contributed by atoms with Gasteiger partial charge in [-0.2, -0.15) is 0 Å². The lowest BCUT2D eigenvalue weighted by molar-refractivity contribution is 0.0173. The van der Waals surface area contributed by atoms with Crippen molar-refractivity contribution >= 4 is 17.8 Å². The van der Waals surface area contributed by atoms with Crippen molar-refractivity contribution in [2.45, 2.75) is 58.7 Å². The molecule has 2 amide bonds. The van der Waals surface area contributed by atoms with E-state index in [0.29, 0.717) is 42.5 Å². The molecule has 4 heterocycles. The fourth-order valence-electron chi connectivity index (χ4n) is 4.05. The van der Waals surface area contributed by atoms with Gasteiger partial charge in [0.05, 0.1) is 13.2 Å². The summed E-state index contributed by atoms with van der Waals surface area (Å²) in [6, 6.07) is 5.27. The van der Waals surface area contributed by atoms with E-state index in [1.165, 1.54) is 7.11 Å². The highest BCUT2D eigenvalue weighted by atomic mass is 16.6. The first-order valence-electron chi connectivity index (χ1n) is 12.0. The number of carbonyl (C=O) groups is 2. The van der Waals surface area contributed by atoms with Gasteiger partial charge in [-0.15, -0.1) is 15.3 Å². The molecule has 1 aliphatic heterocycles. The lowest BCUT2D eigenvalue weighted by Gasteiger charge is -2.34. The maximum absolute atomic E-state index is 12.9. The lowest BCUT2D eigenvalue weighted by atomic mass is 10.1. The number of aromatic nitrogens is 6. The third-order valence-corrected chi connectivity index (χ3v) is 5.72. The zero-order valence-electron chi connectivity index (χ0n) is 21.3. The van der Waals surface area contributed by atoms with E-state index in [1.807, 2.05) is 32.3 Å². The quantitative estimate of drug-likeness (QED) is 0.550. The number of nitrogens with one attached hydrogen (secondary N) is 1. The summed E-state index contributed by atoms with van der Waals surface area (Å²) >= 11 is 0. The van der Waals surface area contributed by atoms with Gasteiger partial charge in [-0.05, 0) is 52.7 Å². The number of ether oxygens (including phenoxy) is 2. The molecule has 12 heteroatoms. The number of nitrogens with zero attached hydrogens (tertiary/aromatic N) is 7. The zero-order valence-corrected chi connectivity index (χ0v) is 21.3. The van der Waals surface area contributed by atoms with Crippen LogP contribution >= 0.6 is 0 Å². The Morgan fingerprint density at radius 2 is 2.06 bits per heavy atom. The molecule has 0 spiro atoms. The number of rotatable bonds is 6. The highest BCUT2D eigenvalue weighted by Crippen LogP contribution is 2.28. The molecule has 0 saturated carbocycles. The molecule has 1 aliphatic rings. The first-order valence-corrected chi connectivity index (χ1v) is 12.0. The Bertz CT molecular complexity index is 1230. The van der Waals surface area contributed by atoms with Crippen LogP contribution in [-0.2, 0) is 11.3 Å². The average molecular weight is 497 g/mol. The van der Waals surface area contributed by atoms with E-state index in [-0.39, 0.29) is 23.9 Å². The number of anilines is 1. The Morgan fingerprint density at radius 1 is 1.25 bits per heavy atom. The van der Waals surface area contributed by atoms with Crippen LogP contribution < -0.4 is 10.1 Å². The van der Waals surface area contributed by atoms with Gasteiger partial charge in [-0.25, -0.2) is 9.78 Å². The Hall–Kier alpha value is -3.96. The van der Waals surface area contributed by atoms with Gasteiger partial charge < -0.3 is 24.3 Å². The van der Waals surface area contributed by atoms with E-state index in [4.69, 9.17) is 9.47 Å². The van der Waals surface area contributed by atoms with E-state index in [1.54, 1.807) is 40.3 Å². The van der Waals surface area contributed by atoms with Gasteiger partial charge in [-0.3, -0.25) is 9.48 Å². The van der Waals surface area contributed by atoms with E-state index in [9.17, 15) is 9.59 Å². The van der Waals surface area contributed by atoms with Crippen molar-refractivity contribution in [3.8, 4) is 17.4 Å². The largest absolute Gasteiger partial charge is 0.479 e. The van der Waals surface area contributed by atoms with E-state index in [0.717, 1.165) is 12.8 Å². The molecule has 1 saturated heterocycles. The molecule has 3 aromatic rings. The van der Waals surface area contributed by atoms with Crippen LogP contribution in [0.1, 0.15) is 56.9 Å². The summed E-state index contributed by atoms with van der Waals surface area (Å²) in [4.78, 5) is 31.8. The molecule has 0 aromatic carbocycles. The van der Waals surface area contributed by atoms with Crippen LogP contribution in [-0.4, -0.2) is 72.2 Å². The van der Waals surface area contributed by atoms with Crippen molar-refractivity contribution in [2.24, 2.45) is 0 Å². The Kier molecular flexibility index (Phi) is 7.22. The summed E-state index contributed by atoms with van der Waals surface area (Å²) in [5.74, 6) is 0.783. The second-order valence-corrected chi connectivity index (χ2v) is 9.55. The van der Waals surface area contributed by atoms with Gasteiger partial charge in [0.25, 0.3) is 5.91 Å². The molecule has 0 radical (unpaired) electrons. The number of amides is 2. The monoisotopic (exact) mass is 496 g/mol. The summed E-state index contributed by atoms with van der Waals surface area (Å²) in [5.41, 5.74) is 0.315. The van der Waals surface area contributed by atoms with Gasteiger partial charge in [0, 0.05) is 25.8 Å². The van der Waals surface area contributed by atoms with Gasteiger partial charge in [0.2, 0.25) is 5.88 Å². The minimum atomic E-state index is -0.556. The standard InChI is InChI=1S/C24H32N8O4/c1-6-31-14-17(22(29-31)35-5)21(33)27-19-11-7-10-18(26-19)20-28-25-15-32(20)16-9-8-12-30(13-16)23(34)36-24(2,3)4/h7,10-11,14-16H,6,8-9,12-13H2,1-5H3,(H,26,27,33). The van der Waals surface area contributed by atoms with Crippen molar-refractivity contribution in [1.82, 2.24) is 34.4 Å². The molecule has 3 aromatic heterocycles. The van der Waals surface area contributed by atoms with E-state index >= 15 is 0 Å². The molecule has 36 heavy (non-hydrogen) atoms. The molecule has 1 unspecified atom stereocenters. The van der Waals surface area contributed by atoms with Crippen molar-refractivity contribution in [3.63, 3.8) is 0 Å². The molecule has 0 bridgehead atoms. The van der Waals surface area contributed by atoms with Crippen LogP contribution in [0.2, 0.25) is 0 Å². The second kappa shape index (κ2) is 10.3. The van der Waals surface area contributed by atoms with Gasteiger partial charge in [0.1, 0.15) is 29.0 Å². The predicted molar refractivity (Wildman–Crippen MR) is 132 cm³/mol. The highest BCUT2D eigenvalue weighted by molar-refractivity contribution is 6.05. The van der Waals surface area contributed by atoms with Crippen molar-refractivity contribution < 1.29 is 19.1 Å². The van der Waals surface area contributed by atoms with Crippen LogP contribution in [0.3, 0.4) is 0 Å². The van der Waals surface area contributed by atoms with E-state index < -0.39 is 5.60 Å². The fraction of sp³-hybridized carbons (Fsp3) is 0.500. The smallest absolute Gasteiger partial charge is 0.410 e. The molecule has 192 valence electrons. The highest BCUT2D eigenvalue weighted by Gasteiger charge is 2.30.